The Morgan fingerprint density at radius 1 is 1.20 bits per heavy atom. The number of carbonyl (C=O) groups excluding carboxylic acids is 2. The Morgan fingerprint density at radius 3 is 2.64 bits per heavy atom. The summed E-state index contributed by atoms with van der Waals surface area (Å²) >= 11 is 0. The highest BCUT2D eigenvalue weighted by Gasteiger charge is 2.45. The molecular weight excluding hydrogens is 318 g/mol. The van der Waals surface area contributed by atoms with E-state index < -0.39 is 0 Å². The van der Waals surface area contributed by atoms with E-state index in [2.05, 4.69) is 17.1 Å². The lowest BCUT2D eigenvalue weighted by atomic mass is 9.77. The van der Waals surface area contributed by atoms with Gasteiger partial charge >= 0.3 is 0 Å². The van der Waals surface area contributed by atoms with Crippen molar-refractivity contribution in [2.75, 3.05) is 19.6 Å². The molecule has 2 fully saturated rings. The van der Waals surface area contributed by atoms with Crippen molar-refractivity contribution >= 4 is 11.8 Å². The Labute approximate surface area is 146 Å². The summed E-state index contributed by atoms with van der Waals surface area (Å²) in [5, 5.41) is 0. The van der Waals surface area contributed by atoms with Gasteiger partial charge in [0.05, 0.1) is 0 Å². The van der Waals surface area contributed by atoms with Gasteiger partial charge in [-0.3, -0.25) is 9.59 Å². The SMILES string of the molecule is O=C1CC2(CCN(C(=O)c3cocn3)CC2)CN1Cc1ccccc1. The summed E-state index contributed by atoms with van der Waals surface area (Å²) in [5.41, 5.74) is 1.52. The van der Waals surface area contributed by atoms with Gasteiger partial charge < -0.3 is 14.2 Å². The van der Waals surface area contributed by atoms with Gasteiger partial charge in [0.25, 0.3) is 5.91 Å². The van der Waals surface area contributed by atoms with Crippen molar-refractivity contribution in [2.24, 2.45) is 5.41 Å². The van der Waals surface area contributed by atoms with Gasteiger partial charge in [0, 0.05) is 38.0 Å². The Kier molecular flexibility index (Phi) is 4.03. The van der Waals surface area contributed by atoms with E-state index in [0.717, 1.165) is 24.9 Å². The van der Waals surface area contributed by atoms with Gasteiger partial charge in [-0.25, -0.2) is 4.98 Å². The first-order valence-electron chi connectivity index (χ1n) is 8.64. The number of oxazole rings is 1. The third-order valence-corrected chi connectivity index (χ3v) is 5.38. The minimum Gasteiger partial charge on any atom is -0.451 e. The number of amides is 2. The number of rotatable bonds is 3. The molecule has 2 aliphatic rings. The fraction of sp³-hybridized carbons (Fsp3) is 0.421. The molecule has 3 heterocycles. The Bertz CT molecular complexity index is 749. The highest BCUT2D eigenvalue weighted by Crippen LogP contribution is 2.41. The molecular formula is C19H21N3O3. The maximum absolute atomic E-state index is 12.5. The summed E-state index contributed by atoms with van der Waals surface area (Å²) in [5.74, 6) is 0.134. The number of carbonyl (C=O) groups is 2. The van der Waals surface area contributed by atoms with Gasteiger partial charge in [0.15, 0.2) is 12.1 Å². The number of benzene rings is 1. The largest absolute Gasteiger partial charge is 0.451 e. The first-order chi connectivity index (χ1) is 12.2. The van der Waals surface area contributed by atoms with E-state index in [1.165, 1.54) is 12.7 Å². The zero-order chi connectivity index (χ0) is 17.3. The lowest BCUT2D eigenvalue weighted by Crippen LogP contribution is -2.44. The van der Waals surface area contributed by atoms with Crippen molar-refractivity contribution in [1.29, 1.82) is 0 Å². The van der Waals surface area contributed by atoms with Gasteiger partial charge in [-0.1, -0.05) is 30.3 Å². The molecule has 0 aliphatic carbocycles. The minimum atomic E-state index is -0.0888. The zero-order valence-electron chi connectivity index (χ0n) is 14.1. The van der Waals surface area contributed by atoms with Crippen LogP contribution in [0.25, 0.3) is 0 Å². The molecule has 130 valence electrons. The molecule has 2 aromatic rings. The Balaban J connectivity index is 1.38. The third-order valence-electron chi connectivity index (χ3n) is 5.38. The average Bonchev–Trinajstić information content (AvgIpc) is 3.25. The number of hydrogen-bond acceptors (Lipinski definition) is 4. The van der Waals surface area contributed by atoms with Gasteiger partial charge in [-0.15, -0.1) is 0 Å². The second kappa shape index (κ2) is 6.35. The maximum Gasteiger partial charge on any atom is 0.275 e. The molecule has 1 aromatic heterocycles. The molecule has 2 saturated heterocycles. The van der Waals surface area contributed by atoms with Crippen molar-refractivity contribution in [3.05, 3.63) is 54.2 Å². The molecule has 0 N–H and O–H groups in total. The van der Waals surface area contributed by atoms with Crippen LogP contribution in [-0.4, -0.2) is 46.2 Å². The lowest BCUT2D eigenvalue weighted by molar-refractivity contribution is -0.128. The molecule has 6 nitrogen and oxygen atoms in total. The number of likely N-dealkylation sites (tertiary alicyclic amines) is 2. The molecule has 1 aromatic carbocycles. The summed E-state index contributed by atoms with van der Waals surface area (Å²) in [7, 11) is 0. The van der Waals surface area contributed by atoms with Gasteiger partial charge in [-0.2, -0.15) is 0 Å². The predicted molar refractivity (Wildman–Crippen MR) is 90.5 cm³/mol. The summed E-state index contributed by atoms with van der Waals surface area (Å²) in [6.07, 6.45) is 4.95. The van der Waals surface area contributed by atoms with Crippen molar-refractivity contribution in [2.45, 2.75) is 25.8 Å². The number of hydrogen-bond donors (Lipinski definition) is 0. The van der Waals surface area contributed by atoms with Crippen molar-refractivity contribution in [1.82, 2.24) is 14.8 Å². The topological polar surface area (TPSA) is 66.7 Å². The number of piperidine rings is 1. The smallest absolute Gasteiger partial charge is 0.275 e. The standard InChI is InChI=1S/C19H21N3O3/c23-17-10-19(13-22(17)11-15-4-2-1-3-5-15)6-8-21(9-7-19)18(24)16-12-25-14-20-16/h1-5,12,14H,6-11,13H2. The summed E-state index contributed by atoms with van der Waals surface area (Å²) in [4.78, 5) is 32.5. The van der Waals surface area contributed by atoms with Crippen LogP contribution in [0.4, 0.5) is 0 Å². The van der Waals surface area contributed by atoms with Crippen LogP contribution in [0.1, 0.15) is 35.3 Å². The monoisotopic (exact) mass is 339 g/mol. The van der Waals surface area contributed by atoms with Crippen LogP contribution >= 0.6 is 0 Å². The lowest BCUT2D eigenvalue weighted by Gasteiger charge is -2.38. The van der Waals surface area contributed by atoms with Crippen LogP contribution in [0.5, 0.6) is 0 Å². The number of aromatic nitrogens is 1. The Hall–Kier alpha value is -2.63. The van der Waals surface area contributed by atoms with E-state index in [1.807, 2.05) is 28.0 Å². The van der Waals surface area contributed by atoms with Gasteiger partial charge in [0.2, 0.25) is 5.91 Å². The van der Waals surface area contributed by atoms with Crippen molar-refractivity contribution < 1.29 is 14.0 Å². The van der Waals surface area contributed by atoms with E-state index in [0.29, 0.717) is 31.7 Å². The second-order valence-electron chi connectivity index (χ2n) is 7.08. The van der Waals surface area contributed by atoms with Crippen LogP contribution in [0, 0.1) is 5.41 Å². The fourth-order valence-corrected chi connectivity index (χ4v) is 3.93. The van der Waals surface area contributed by atoms with E-state index in [-0.39, 0.29) is 17.2 Å². The highest BCUT2D eigenvalue weighted by atomic mass is 16.3. The van der Waals surface area contributed by atoms with Gasteiger partial charge in [-0.05, 0) is 18.4 Å². The number of nitrogens with zero attached hydrogens (tertiary/aromatic N) is 3. The molecule has 0 saturated carbocycles. The van der Waals surface area contributed by atoms with E-state index in [9.17, 15) is 9.59 Å². The molecule has 0 bridgehead atoms. The molecule has 0 unspecified atom stereocenters. The molecule has 2 amide bonds. The van der Waals surface area contributed by atoms with Crippen LogP contribution < -0.4 is 0 Å². The first kappa shape index (κ1) is 15.9. The van der Waals surface area contributed by atoms with E-state index >= 15 is 0 Å². The quantitative estimate of drug-likeness (QED) is 0.861. The molecule has 6 heteroatoms. The Morgan fingerprint density at radius 2 is 1.96 bits per heavy atom. The second-order valence-corrected chi connectivity index (χ2v) is 7.08. The summed E-state index contributed by atoms with van der Waals surface area (Å²) in [6, 6.07) is 10.1. The van der Waals surface area contributed by atoms with E-state index in [4.69, 9.17) is 4.42 Å². The van der Waals surface area contributed by atoms with Crippen LogP contribution in [0.3, 0.4) is 0 Å². The van der Waals surface area contributed by atoms with Crippen LogP contribution in [0.2, 0.25) is 0 Å². The minimum absolute atomic E-state index is 0.00642. The highest BCUT2D eigenvalue weighted by molar-refractivity contribution is 5.92. The summed E-state index contributed by atoms with van der Waals surface area (Å²) in [6.45, 7) is 2.78. The van der Waals surface area contributed by atoms with Crippen molar-refractivity contribution in [3.8, 4) is 0 Å². The molecule has 0 atom stereocenters. The molecule has 2 aliphatic heterocycles. The normalized spacial score (nSPS) is 19.6. The van der Waals surface area contributed by atoms with Crippen LogP contribution in [-0.2, 0) is 11.3 Å². The van der Waals surface area contributed by atoms with Gasteiger partial charge in [0.1, 0.15) is 6.26 Å². The average molecular weight is 339 g/mol. The fourth-order valence-electron chi connectivity index (χ4n) is 3.93. The molecule has 1 spiro atoms. The molecule has 25 heavy (non-hydrogen) atoms. The predicted octanol–water partition coefficient (Wildman–Crippen LogP) is 2.33. The van der Waals surface area contributed by atoms with E-state index in [1.54, 1.807) is 0 Å². The molecule has 4 rings (SSSR count). The zero-order valence-corrected chi connectivity index (χ0v) is 14.1. The van der Waals surface area contributed by atoms with Crippen LogP contribution in [0.15, 0.2) is 47.4 Å². The molecule has 0 radical (unpaired) electrons. The summed E-state index contributed by atoms with van der Waals surface area (Å²) < 4.78 is 4.89. The first-order valence-corrected chi connectivity index (χ1v) is 8.64. The van der Waals surface area contributed by atoms with Crippen molar-refractivity contribution in [3.63, 3.8) is 0 Å². The third kappa shape index (κ3) is 3.16. The maximum atomic E-state index is 12.5.